The van der Waals surface area contributed by atoms with E-state index in [0.29, 0.717) is 31.6 Å². The maximum atomic E-state index is 12.1. The van der Waals surface area contributed by atoms with Crippen LogP contribution < -0.4 is 10.0 Å². The van der Waals surface area contributed by atoms with Gasteiger partial charge in [-0.1, -0.05) is 20.8 Å². The summed E-state index contributed by atoms with van der Waals surface area (Å²) in [6.45, 7) is 8.82. The van der Waals surface area contributed by atoms with Crippen molar-refractivity contribution in [2.45, 2.75) is 46.1 Å². The Labute approximate surface area is 112 Å². The van der Waals surface area contributed by atoms with Gasteiger partial charge in [-0.2, -0.15) is 12.7 Å². The van der Waals surface area contributed by atoms with Gasteiger partial charge >= 0.3 is 0 Å². The molecule has 18 heavy (non-hydrogen) atoms. The first-order valence-corrected chi connectivity index (χ1v) is 8.37. The van der Waals surface area contributed by atoms with Gasteiger partial charge in [0.1, 0.15) is 0 Å². The fourth-order valence-corrected chi connectivity index (χ4v) is 3.51. The summed E-state index contributed by atoms with van der Waals surface area (Å²) in [5, 5.41) is 3.40. The lowest BCUT2D eigenvalue weighted by molar-refractivity contribution is 0.280. The van der Waals surface area contributed by atoms with E-state index >= 15 is 0 Å². The van der Waals surface area contributed by atoms with Crippen LogP contribution in [0.4, 0.5) is 0 Å². The van der Waals surface area contributed by atoms with Crippen molar-refractivity contribution < 1.29 is 8.42 Å². The molecule has 1 unspecified atom stereocenters. The third-order valence-electron chi connectivity index (χ3n) is 3.08. The Morgan fingerprint density at radius 2 is 2.11 bits per heavy atom. The van der Waals surface area contributed by atoms with Crippen LogP contribution in [0.5, 0.6) is 0 Å². The van der Waals surface area contributed by atoms with E-state index in [2.05, 4.69) is 17.0 Å². The minimum Gasteiger partial charge on any atom is -0.313 e. The molecule has 5 nitrogen and oxygen atoms in total. The maximum absolute atomic E-state index is 12.1. The lowest BCUT2D eigenvalue weighted by Gasteiger charge is -2.32. The molecular formula is C12H27N3O2S. The number of nitrogens with zero attached hydrogens (tertiary/aromatic N) is 1. The molecule has 0 aromatic carbocycles. The second kappa shape index (κ2) is 7.43. The third-order valence-corrected chi connectivity index (χ3v) is 4.62. The van der Waals surface area contributed by atoms with Crippen molar-refractivity contribution in [3.63, 3.8) is 0 Å². The van der Waals surface area contributed by atoms with Crippen molar-refractivity contribution in [2.75, 3.05) is 26.2 Å². The molecule has 0 aliphatic carbocycles. The summed E-state index contributed by atoms with van der Waals surface area (Å²) in [6.07, 6.45) is 3.08. The highest BCUT2D eigenvalue weighted by atomic mass is 32.2. The van der Waals surface area contributed by atoms with Gasteiger partial charge in [-0.15, -0.1) is 0 Å². The minimum atomic E-state index is -3.29. The molecule has 1 saturated heterocycles. The molecule has 0 bridgehead atoms. The number of rotatable bonds is 7. The Morgan fingerprint density at radius 3 is 2.72 bits per heavy atom. The minimum absolute atomic E-state index is 0.300. The Balaban J connectivity index is 2.49. The molecule has 0 saturated carbocycles. The van der Waals surface area contributed by atoms with E-state index in [-0.39, 0.29) is 0 Å². The highest BCUT2D eigenvalue weighted by molar-refractivity contribution is 7.87. The average Bonchev–Trinajstić information content (AvgIpc) is 2.34. The summed E-state index contributed by atoms with van der Waals surface area (Å²) < 4.78 is 28.4. The fourth-order valence-electron chi connectivity index (χ4n) is 2.04. The van der Waals surface area contributed by atoms with Crippen LogP contribution in [0.1, 0.15) is 40.0 Å². The summed E-state index contributed by atoms with van der Waals surface area (Å²) in [6, 6.07) is 0.300. The fraction of sp³-hybridized carbons (Fsp3) is 1.00. The molecule has 1 aliphatic rings. The molecule has 0 spiro atoms. The molecule has 108 valence electrons. The zero-order chi connectivity index (χ0) is 13.6. The zero-order valence-corrected chi connectivity index (χ0v) is 12.6. The molecule has 1 heterocycles. The average molecular weight is 277 g/mol. The van der Waals surface area contributed by atoms with Crippen LogP contribution in [0, 0.1) is 5.92 Å². The second-order valence-corrected chi connectivity index (χ2v) is 7.15. The van der Waals surface area contributed by atoms with Crippen LogP contribution in [0.25, 0.3) is 0 Å². The highest BCUT2D eigenvalue weighted by Gasteiger charge is 2.28. The summed E-state index contributed by atoms with van der Waals surface area (Å²) in [7, 11) is -3.29. The van der Waals surface area contributed by atoms with Crippen molar-refractivity contribution in [2.24, 2.45) is 5.92 Å². The lowest BCUT2D eigenvalue weighted by Crippen LogP contribution is -2.51. The second-order valence-electron chi connectivity index (χ2n) is 5.40. The monoisotopic (exact) mass is 277 g/mol. The molecule has 1 aliphatic heterocycles. The molecule has 0 amide bonds. The molecule has 1 rings (SSSR count). The van der Waals surface area contributed by atoms with Gasteiger partial charge in [0.15, 0.2) is 0 Å². The van der Waals surface area contributed by atoms with Crippen molar-refractivity contribution in [3.05, 3.63) is 0 Å². The Hall–Kier alpha value is -0.170. The van der Waals surface area contributed by atoms with E-state index in [1.165, 1.54) is 0 Å². The van der Waals surface area contributed by atoms with E-state index < -0.39 is 10.2 Å². The molecule has 2 N–H and O–H groups in total. The van der Waals surface area contributed by atoms with E-state index in [0.717, 1.165) is 25.8 Å². The topological polar surface area (TPSA) is 61.4 Å². The van der Waals surface area contributed by atoms with Gasteiger partial charge in [-0.25, -0.2) is 4.72 Å². The van der Waals surface area contributed by atoms with Crippen LogP contribution in [0.3, 0.4) is 0 Å². The Morgan fingerprint density at radius 1 is 1.39 bits per heavy atom. The van der Waals surface area contributed by atoms with Crippen LogP contribution in [-0.4, -0.2) is 44.9 Å². The van der Waals surface area contributed by atoms with Gasteiger partial charge in [0.25, 0.3) is 10.2 Å². The molecule has 1 atom stereocenters. The first kappa shape index (κ1) is 15.9. The molecule has 1 fully saturated rings. The summed E-state index contributed by atoms with van der Waals surface area (Å²) in [5.74, 6) is 0.332. The van der Waals surface area contributed by atoms with Crippen molar-refractivity contribution in [3.8, 4) is 0 Å². The predicted molar refractivity (Wildman–Crippen MR) is 74.6 cm³/mol. The quantitative estimate of drug-likeness (QED) is 0.728. The molecule has 0 aromatic heterocycles. The van der Waals surface area contributed by atoms with E-state index in [1.807, 2.05) is 13.8 Å². The van der Waals surface area contributed by atoms with Crippen LogP contribution in [0.2, 0.25) is 0 Å². The zero-order valence-electron chi connectivity index (χ0n) is 11.8. The van der Waals surface area contributed by atoms with Crippen LogP contribution in [0.15, 0.2) is 0 Å². The number of nitrogens with one attached hydrogen (secondary N) is 2. The van der Waals surface area contributed by atoms with Crippen molar-refractivity contribution in [1.82, 2.24) is 14.3 Å². The smallest absolute Gasteiger partial charge is 0.279 e. The number of hydrogen-bond acceptors (Lipinski definition) is 3. The normalized spacial score (nSPS) is 22.6. The van der Waals surface area contributed by atoms with Gasteiger partial charge in [-0.05, 0) is 31.7 Å². The molecular weight excluding hydrogens is 250 g/mol. The molecule has 0 aromatic rings. The third kappa shape index (κ3) is 5.22. The van der Waals surface area contributed by atoms with Gasteiger partial charge < -0.3 is 5.32 Å². The number of hydrogen-bond donors (Lipinski definition) is 2. The van der Waals surface area contributed by atoms with Gasteiger partial charge in [0, 0.05) is 25.7 Å². The summed E-state index contributed by atoms with van der Waals surface area (Å²) in [5.41, 5.74) is 0. The first-order chi connectivity index (χ1) is 8.45. The predicted octanol–water partition coefficient (Wildman–Crippen LogP) is 0.941. The van der Waals surface area contributed by atoms with E-state index in [1.54, 1.807) is 4.31 Å². The van der Waals surface area contributed by atoms with Gasteiger partial charge in [-0.3, -0.25) is 0 Å². The van der Waals surface area contributed by atoms with E-state index in [9.17, 15) is 8.42 Å². The SMILES string of the molecule is CCCNC1CCCN(S(=O)(=O)NCC(C)C)C1. The van der Waals surface area contributed by atoms with Gasteiger partial charge in [0.05, 0.1) is 0 Å². The van der Waals surface area contributed by atoms with Crippen LogP contribution in [-0.2, 0) is 10.2 Å². The summed E-state index contributed by atoms with van der Waals surface area (Å²) >= 11 is 0. The Bertz CT molecular complexity index is 330. The van der Waals surface area contributed by atoms with Crippen molar-refractivity contribution in [1.29, 1.82) is 0 Å². The number of piperidine rings is 1. The van der Waals surface area contributed by atoms with E-state index in [4.69, 9.17) is 0 Å². The van der Waals surface area contributed by atoms with Crippen molar-refractivity contribution >= 4 is 10.2 Å². The van der Waals surface area contributed by atoms with Gasteiger partial charge in [0.2, 0.25) is 0 Å². The molecule has 0 radical (unpaired) electrons. The lowest BCUT2D eigenvalue weighted by atomic mass is 10.1. The largest absolute Gasteiger partial charge is 0.313 e. The molecule has 6 heteroatoms. The highest BCUT2D eigenvalue weighted by Crippen LogP contribution is 2.13. The first-order valence-electron chi connectivity index (χ1n) is 6.93. The summed E-state index contributed by atoms with van der Waals surface area (Å²) in [4.78, 5) is 0. The standard InChI is InChI=1S/C12H27N3O2S/c1-4-7-13-12-6-5-8-15(10-12)18(16,17)14-9-11(2)3/h11-14H,4-10H2,1-3H3. The Kier molecular flexibility index (Phi) is 6.55. The van der Waals surface area contributed by atoms with Crippen LogP contribution >= 0.6 is 0 Å². The maximum Gasteiger partial charge on any atom is 0.279 e.